The van der Waals surface area contributed by atoms with Gasteiger partial charge in [0, 0.05) is 19.7 Å². The third-order valence-corrected chi connectivity index (χ3v) is 4.19. The summed E-state index contributed by atoms with van der Waals surface area (Å²) in [6.07, 6.45) is 1.79. The fraction of sp³-hybridized carbons (Fsp3) is 0.353. The number of amides is 1. The summed E-state index contributed by atoms with van der Waals surface area (Å²) in [5, 5.41) is 18.0. The Hall–Kier alpha value is -3.37. The largest absolute Gasteiger partial charge is 0.482 e. The first-order chi connectivity index (χ1) is 13.2. The minimum atomic E-state index is -2.97. The summed E-state index contributed by atoms with van der Waals surface area (Å²) in [5.74, 6) is -4.04. The van der Waals surface area contributed by atoms with Crippen LogP contribution in [-0.2, 0) is 9.53 Å². The molecule has 9 nitrogen and oxygen atoms in total. The lowest BCUT2D eigenvalue weighted by molar-refractivity contribution is -0.120. The number of nitrogens with two attached hydrogens (primary N) is 1. The highest BCUT2D eigenvalue weighted by Gasteiger charge is 2.52. The number of hydrogen-bond donors (Lipinski definition) is 4. The van der Waals surface area contributed by atoms with Gasteiger partial charge in [-0.1, -0.05) is 6.07 Å². The van der Waals surface area contributed by atoms with Gasteiger partial charge in [-0.25, -0.2) is 13.8 Å². The van der Waals surface area contributed by atoms with Crippen molar-refractivity contribution < 1.29 is 18.3 Å². The number of nitrogens with one attached hydrogen (secondary N) is 3. The van der Waals surface area contributed by atoms with E-state index in [1.54, 1.807) is 0 Å². The molecule has 1 amide bonds. The van der Waals surface area contributed by atoms with Crippen LogP contribution in [0.15, 0.2) is 34.6 Å². The second-order valence-electron chi connectivity index (χ2n) is 5.93. The summed E-state index contributed by atoms with van der Waals surface area (Å²) in [6, 6.07) is 3.14. The fourth-order valence-corrected chi connectivity index (χ4v) is 2.57. The lowest BCUT2D eigenvalue weighted by Gasteiger charge is -2.42. The zero-order valence-electron chi connectivity index (χ0n) is 15.4. The van der Waals surface area contributed by atoms with Crippen LogP contribution in [0.4, 0.5) is 14.6 Å². The van der Waals surface area contributed by atoms with E-state index in [1.807, 2.05) is 0 Å². The standard InChI is InChI=1S/C17H21F2N7O2/c1-23-8-10(15(22)28-2)16(27)25-13-5-3-4-11(24-13)14(21)26(9-20)12-6-7-17(12,18)19/h3-5,8-9,12,20-21H,6-7,22H2,1-2H3,(H,24,25,27)/b15-10-,20-9?,21-14?,23-8?. The van der Waals surface area contributed by atoms with Crippen LogP contribution in [0.2, 0.25) is 0 Å². The van der Waals surface area contributed by atoms with Gasteiger partial charge in [-0.2, -0.15) is 0 Å². The predicted molar refractivity (Wildman–Crippen MR) is 101 cm³/mol. The molecule has 5 N–H and O–H groups in total. The van der Waals surface area contributed by atoms with Gasteiger partial charge in [0.25, 0.3) is 11.8 Å². The molecule has 1 aromatic rings. The molecule has 0 spiro atoms. The van der Waals surface area contributed by atoms with E-state index in [0.29, 0.717) is 6.34 Å². The number of amidine groups is 1. The number of rotatable bonds is 7. The number of nitrogens with zero attached hydrogens (tertiary/aromatic N) is 3. The Morgan fingerprint density at radius 2 is 2.25 bits per heavy atom. The minimum Gasteiger partial charge on any atom is -0.482 e. The average Bonchev–Trinajstić information content (AvgIpc) is 2.68. The Labute approximate surface area is 160 Å². The highest BCUT2D eigenvalue weighted by Crippen LogP contribution is 2.41. The van der Waals surface area contributed by atoms with Gasteiger partial charge < -0.3 is 20.7 Å². The molecule has 1 aliphatic carbocycles. The molecule has 0 aromatic carbocycles. The van der Waals surface area contributed by atoms with Crippen molar-refractivity contribution in [3.63, 3.8) is 0 Å². The number of carbonyl (C=O) groups is 1. The Morgan fingerprint density at radius 1 is 1.54 bits per heavy atom. The maximum Gasteiger partial charge on any atom is 0.268 e. The molecule has 11 heteroatoms. The Bertz CT molecular complexity index is 839. The molecule has 28 heavy (non-hydrogen) atoms. The van der Waals surface area contributed by atoms with Crippen LogP contribution >= 0.6 is 0 Å². The van der Waals surface area contributed by atoms with E-state index in [1.165, 1.54) is 38.6 Å². The average molecular weight is 393 g/mol. The number of halogens is 2. The van der Waals surface area contributed by atoms with Crippen LogP contribution < -0.4 is 11.1 Å². The van der Waals surface area contributed by atoms with Gasteiger partial charge in [-0.3, -0.25) is 20.6 Å². The second kappa shape index (κ2) is 8.55. The van der Waals surface area contributed by atoms with Crippen LogP contribution in [0.3, 0.4) is 0 Å². The highest BCUT2D eigenvalue weighted by atomic mass is 19.3. The number of methoxy groups -OCH3 is 1. The van der Waals surface area contributed by atoms with E-state index < -0.39 is 17.9 Å². The monoisotopic (exact) mass is 393 g/mol. The molecule has 1 heterocycles. The van der Waals surface area contributed by atoms with Crippen LogP contribution in [0.1, 0.15) is 18.5 Å². The number of hydrogen-bond acceptors (Lipinski definition) is 7. The molecule has 1 unspecified atom stereocenters. The van der Waals surface area contributed by atoms with Crippen molar-refractivity contribution in [1.29, 1.82) is 10.8 Å². The normalized spacial score (nSPS) is 18.6. The molecular weight excluding hydrogens is 372 g/mol. The number of alkyl halides is 2. The van der Waals surface area contributed by atoms with Crippen molar-refractivity contribution in [2.24, 2.45) is 10.7 Å². The maximum absolute atomic E-state index is 13.7. The summed E-state index contributed by atoms with van der Waals surface area (Å²) >= 11 is 0. The third kappa shape index (κ3) is 4.30. The zero-order chi connectivity index (χ0) is 20.9. The first-order valence-corrected chi connectivity index (χ1v) is 8.25. The molecule has 1 aliphatic rings. The van der Waals surface area contributed by atoms with E-state index in [9.17, 15) is 13.6 Å². The molecule has 1 atom stereocenters. The van der Waals surface area contributed by atoms with Gasteiger partial charge in [0.1, 0.15) is 23.1 Å². The molecule has 0 radical (unpaired) electrons. The van der Waals surface area contributed by atoms with Crippen LogP contribution in [0, 0.1) is 10.8 Å². The molecule has 150 valence electrons. The molecule has 1 aromatic heterocycles. The van der Waals surface area contributed by atoms with Crippen molar-refractivity contribution in [3.8, 4) is 0 Å². The number of aromatic nitrogens is 1. The zero-order valence-corrected chi connectivity index (χ0v) is 15.4. The van der Waals surface area contributed by atoms with E-state index in [2.05, 4.69) is 15.3 Å². The molecule has 1 saturated carbocycles. The van der Waals surface area contributed by atoms with E-state index >= 15 is 0 Å². The molecule has 0 saturated heterocycles. The summed E-state index contributed by atoms with van der Waals surface area (Å²) in [4.78, 5) is 21.1. The predicted octanol–water partition coefficient (Wildman–Crippen LogP) is 1.57. The summed E-state index contributed by atoms with van der Waals surface area (Å²) in [5.41, 5.74) is 5.62. The van der Waals surface area contributed by atoms with Crippen molar-refractivity contribution in [1.82, 2.24) is 9.88 Å². The molecule has 0 bridgehead atoms. The Kier molecular flexibility index (Phi) is 6.39. The third-order valence-electron chi connectivity index (χ3n) is 4.19. The quantitative estimate of drug-likeness (QED) is 0.241. The molecule has 1 fully saturated rings. The van der Waals surface area contributed by atoms with Crippen LogP contribution in [0.5, 0.6) is 0 Å². The van der Waals surface area contributed by atoms with Gasteiger partial charge >= 0.3 is 0 Å². The van der Waals surface area contributed by atoms with E-state index in [0.717, 1.165) is 4.90 Å². The topological polar surface area (TPSA) is 141 Å². The first-order valence-electron chi connectivity index (χ1n) is 8.25. The van der Waals surface area contributed by atoms with Crippen LogP contribution in [-0.4, -0.2) is 60.3 Å². The number of ether oxygens (including phenoxy) is 1. The lowest BCUT2D eigenvalue weighted by atomic mass is 9.86. The Morgan fingerprint density at radius 3 is 2.75 bits per heavy atom. The Balaban J connectivity index is 2.23. The molecule has 0 aliphatic heterocycles. The van der Waals surface area contributed by atoms with Gasteiger partial charge in [-0.05, 0) is 18.6 Å². The smallest absolute Gasteiger partial charge is 0.268 e. The highest BCUT2D eigenvalue weighted by molar-refractivity contribution is 6.17. The number of aliphatic imine (C=N–C) groups is 1. The fourth-order valence-electron chi connectivity index (χ4n) is 2.57. The van der Waals surface area contributed by atoms with Gasteiger partial charge in [0.05, 0.1) is 13.4 Å². The minimum absolute atomic E-state index is 0.0255. The van der Waals surface area contributed by atoms with E-state index in [4.69, 9.17) is 21.3 Å². The molecule has 2 rings (SSSR count). The van der Waals surface area contributed by atoms with Gasteiger partial charge in [0.2, 0.25) is 0 Å². The van der Waals surface area contributed by atoms with Gasteiger partial charge in [-0.15, -0.1) is 0 Å². The summed E-state index contributed by atoms with van der Waals surface area (Å²) in [7, 11) is 2.76. The van der Waals surface area contributed by atoms with Crippen molar-refractivity contribution >= 4 is 30.1 Å². The van der Waals surface area contributed by atoms with E-state index in [-0.39, 0.29) is 41.6 Å². The van der Waals surface area contributed by atoms with Crippen LogP contribution in [0.25, 0.3) is 0 Å². The van der Waals surface area contributed by atoms with Crippen molar-refractivity contribution in [3.05, 3.63) is 35.3 Å². The molecular formula is C17H21F2N7O2. The SMILES string of the molecule is CN=C/C(C(=O)Nc1cccc(C(=N)N(C=N)C2CCC2(F)F)n1)=C(\N)OC. The second-order valence-corrected chi connectivity index (χ2v) is 5.93. The first kappa shape index (κ1) is 20.9. The lowest BCUT2D eigenvalue weighted by Crippen LogP contribution is -2.56. The summed E-state index contributed by atoms with van der Waals surface area (Å²) in [6.45, 7) is 0. The van der Waals surface area contributed by atoms with Crippen molar-refractivity contribution in [2.75, 3.05) is 19.5 Å². The number of carbonyl (C=O) groups excluding carboxylic acids is 1. The number of pyridine rings is 1. The maximum atomic E-state index is 13.7. The van der Waals surface area contributed by atoms with Crippen molar-refractivity contribution in [2.45, 2.75) is 24.8 Å². The van der Waals surface area contributed by atoms with Gasteiger partial charge in [0.15, 0.2) is 11.7 Å². The summed E-state index contributed by atoms with van der Waals surface area (Å²) < 4.78 is 32.2. The number of anilines is 1.